The number of piperidine rings is 2. The number of benzene rings is 2. The molecule has 4 rings (SSSR count). The minimum atomic E-state index is -0.212. The number of nitrogens with one attached hydrogen (secondary N) is 1. The second-order valence-electron chi connectivity index (χ2n) is 8.94. The Kier molecular flexibility index (Phi) is 7.94. The number of ether oxygens (including phenoxy) is 1. The average Bonchev–Trinajstić information content (AvgIpc) is 2.86. The number of likely N-dealkylation sites (tertiary alicyclic amines) is 2. The van der Waals surface area contributed by atoms with Crippen LogP contribution in [0.1, 0.15) is 31.2 Å². The predicted octanol–water partition coefficient (Wildman–Crippen LogP) is 3.22. The van der Waals surface area contributed by atoms with Crippen molar-refractivity contribution in [3.05, 3.63) is 66.0 Å². The molecule has 2 aromatic carbocycles. The topological polar surface area (TPSA) is 61.9 Å². The molecule has 0 saturated carbocycles. The molecule has 6 nitrogen and oxygen atoms in total. The molecule has 0 bridgehead atoms. The van der Waals surface area contributed by atoms with Crippen molar-refractivity contribution in [2.45, 2.75) is 38.3 Å². The summed E-state index contributed by atoms with van der Waals surface area (Å²) in [6.07, 6.45) is 3.21. The molecule has 176 valence electrons. The molecule has 0 atom stereocenters. The van der Waals surface area contributed by atoms with E-state index in [9.17, 15) is 14.0 Å². The maximum absolute atomic E-state index is 13.1. The van der Waals surface area contributed by atoms with Crippen LogP contribution in [0.25, 0.3) is 0 Å². The van der Waals surface area contributed by atoms with Crippen LogP contribution in [0.2, 0.25) is 0 Å². The summed E-state index contributed by atoms with van der Waals surface area (Å²) in [6.45, 7) is 3.84. The van der Waals surface area contributed by atoms with Gasteiger partial charge in [0.15, 0.2) is 6.61 Å². The summed E-state index contributed by atoms with van der Waals surface area (Å²) in [5.74, 6) is 0.506. The van der Waals surface area contributed by atoms with Gasteiger partial charge >= 0.3 is 0 Å². The van der Waals surface area contributed by atoms with Gasteiger partial charge < -0.3 is 15.0 Å². The van der Waals surface area contributed by atoms with Crippen LogP contribution in [0.15, 0.2) is 54.6 Å². The Labute approximate surface area is 194 Å². The first-order valence-electron chi connectivity index (χ1n) is 11.8. The molecule has 2 fully saturated rings. The Hall–Kier alpha value is -2.93. The van der Waals surface area contributed by atoms with Gasteiger partial charge in [-0.05, 0) is 55.5 Å². The van der Waals surface area contributed by atoms with E-state index in [1.54, 1.807) is 4.90 Å². The lowest BCUT2D eigenvalue weighted by Crippen LogP contribution is -2.49. The van der Waals surface area contributed by atoms with Crippen molar-refractivity contribution in [2.75, 3.05) is 32.8 Å². The van der Waals surface area contributed by atoms with Crippen LogP contribution in [-0.2, 0) is 16.1 Å². The first kappa shape index (κ1) is 23.2. The molecule has 1 N–H and O–H groups in total. The van der Waals surface area contributed by atoms with Gasteiger partial charge in [0.25, 0.3) is 5.91 Å². The predicted molar refractivity (Wildman–Crippen MR) is 124 cm³/mol. The molecule has 2 heterocycles. The largest absolute Gasteiger partial charge is 0.484 e. The van der Waals surface area contributed by atoms with E-state index in [0.29, 0.717) is 31.7 Å². The van der Waals surface area contributed by atoms with Crippen molar-refractivity contribution >= 4 is 11.8 Å². The van der Waals surface area contributed by atoms with Crippen molar-refractivity contribution in [1.82, 2.24) is 15.1 Å². The second-order valence-corrected chi connectivity index (χ2v) is 8.94. The van der Waals surface area contributed by atoms with Gasteiger partial charge in [-0.1, -0.05) is 30.3 Å². The van der Waals surface area contributed by atoms with Gasteiger partial charge in [-0.3, -0.25) is 14.5 Å². The van der Waals surface area contributed by atoms with Gasteiger partial charge in [-0.2, -0.15) is 0 Å². The van der Waals surface area contributed by atoms with E-state index in [1.807, 2.05) is 42.5 Å². The highest BCUT2D eigenvalue weighted by Gasteiger charge is 2.29. The van der Waals surface area contributed by atoms with E-state index in [4.69, 9.17) is 4.74 Å². The minimum Gasteiger partial charge on any atom is -0.484 e. The van der Waals surface area contributed by atoms with Gasteiger partial charge in [-0.25, -0.2) is 4.39 Å². The van der Waals surface area contributed by atoms with Crippen molar-refractivity contribution < 1.29 is 18.7 Å². The van der Waals surface area contributed by atoms with Crippen LogP contribution in [0.4, 0.5) is 4.39 Å². The number of carbonyl (C=O) groups excluding carboxylic acids is 2. The number of para-hydroxylation sites is 1. The summed E-state index contributed by atoms with van der Waals surface area (Å²) in [5, 5.41) is 3.23. The number of hydrogen-bond donors (Lipinski definition) is 1. The molecule has 0 spiro atoms. The highest BCUT2D eigenvalue weighted by Crippen LogP contribution is 2.20. The Morgan fingerprint density at radius 3 is 2.24 bits per heavy atom. The van der Waals surface area contributed by atoms with E-state index in [2.05, 4.69) is 10.2 Å². The van der Waals surface area contributed by atoms with E-state index in [0.717, 1.165) is 38.0 Å². The first-order chi connectivity index (χ1) is 16.1. The Morgan fingerprint density at radius 2 is 1.58 bits per heavy atom. The van der Waals surface area contributed by atoms with E-state index >= 15 is 0 Å². The molecule has 2 saturated heterocycles. The van der Waals surface area contributed by atoms with E-state index in [-0.39, 0.29) is 36.2 Å². The number of amides is 2. The van der Waals surface area contributed by atoms with Crippen molar-refractivity contribution in [1.29, 1.82) is 0 Å². The number of hydrogen-bond acceptors (Lipinski definition) is 4. The lowest BCUT2D eigenvalue weighted by atomic mass is 9.94. The molecular weight excluding hydrogens is 421 g/mol. The number of halogens is 1. The summed E-state index contributed by atoms with van der Waals surface area (Å²) >= 11 is 0. The van der Waals surface area contributed by atoms with Crippen molar-refractivity contribution in [2.24, 2.45) is 5.92 Å². The van der Waals surface area contributed by atoms with Gasteiger partial charge in [0, 0.05) is 44.7 Å². The fourth-order valence-electron chi connectivity index (χ4n) is 4.55. The molecule has 0 unspecified atom stereocenters. The molecule has 0 radical (unpaired) electrons. The minimum absolute atomic E-state index is 0.0252. The van der Waals surface area contributed by atoms with Gasteiger partial charge in [0.2, 0.25) is 5.91 Å². The zero-order valence-corrected chi connectivity index (χ0v) is 18.9. The zero-order chi connectivity index (χ0) is 23.0. The molecule has 2 aliphatic rings. The summed E-state index contributed by atoms with van der Waals surface area (Å²) in [7, 11) is 0. The number of carbonyl (C=O) groups is 2. The fraction of sp³-hybridized carbons (Fsp3) is 0.462. The van der Waals surface area contributed by atoms with Gasteiger partial charge in [-0.15, -0.1) is 0 Å². The van der Waals surface area contributed by atoms with E-state index < -0.39 is 0 Å². The van der Waals surface area contributed by atoms with Crippen LogP contribution in [0.5, 0.6) is 5.75 Å². The van der Waals surface area contributed by atoms with Crippen molar-refractivity contribution in [3.63, 3.8) is 0 Å². The summed E-state index contributed by atoms with van der Waals surface area (Å²) in [6, 6.07) is 16.2. The van der Waals surface area contributed by atoms with Crippen LogP contribution in [-0.4, -0.2) is 60.4 Å². The third-order valence-electron chi connectivity index (χ3n) is 6.58. The van der Waals surface area contributed by atoms with Crippen LogP contribution < -0.4 is 10.1 Å². The second kappa shape index (κ2) is 11.3. The standard InChI is InChI=1S/C26H32FN3O3/c27-22-8-6-20(7-9-22)18-29-14-12-23(13-15-29)28-26(32)21-10-16-30(17-11-21)25(31)19-33-24-4-2-1-3-5-24/h1-9,21,23H,10-19H2,(H,28,32). The Balaban J connectivity index is 1.14. The maximum atomic E-state index is 13.1. The Morgan fingerprint density at radius 1 is 0.909 bits per heavy atom. The van der Waals surface area contributed by atoms with Crippen LogP contribution in [0, 0.1) is 11.7 Å². The highest BCUT2D eigenvalue weighted by molar-refractivity contribution is 5.80. The molecule has 0 aliphatic carbocycles. The van der Waals surface area contributed by atoms with Gasteiger partial charge in [0.05, 0.1) is 0 Å². The monoisotopic (exact) mass is 453 g/mol. The zero-order valence-electron chi connectivity index (χ0n) is 18.9. The maximum Gasteiger partial charge on any atom is 0.260 e. The molecule has 7 heteroatoms. The molecule has 2 aromatic rings. The van der Waals surface area contributed by atoms with Crippen LogP contribution in [0.3, 0.4) is 0 Å². The molecule has 2 amide bonds. The molecule has 2 aliphatic heterocycles. The number of rotatable bonds is 7. The Bertz CT molecular complexity index is 906. The van der Waals surface area contributed by atoms with Crippen LogP contribution >= 0.6 is 0 Å². The molecular formula is C26H32FN3O3. The first-order valence-corrected chi connectivity index (χ1v) is 11.8. The normalized spacial score (nSPS) is 18.2. The molecule has 0 aromatic heterocycles. The summed E-state index contributed by atoms with van der Waals surface area (Å²) in [5.41, 5.74) is 1.11. The SMILES string of the molecule is O=C(NC1CCN(Cc2ccc(F)cc2)CC1)C1CCN(C(=O)COc2ccccc2)CC1. The lowest BCUT2D eigenvalue weighted by Gasteiger charge is -2.35. The average molecular weight is 454 g/mol. The quantitative estimate of drug-likeness (QED) is 0.699. The summed E-state index contributed by atoms with van der Waals surface area (Å²) < 4.78 is 18.6. The highest BCUT2D eigenvalue weighted by atomic mass is 19.1. The lowest BCUT2D eigenvalue weighted by molar-refractivity contribution is -0.137. The van der Waals surface area contributed by atoms with Gasteiger partial charge in [0.1, 0.15) is 11.6 Å². The van der Waals surface area contributed by atoms with Crippen molar-refractivity contribution in [3.8, 4) is 5.75 Å². The summed E-state index contributed by atoms with van der Waals surface area (Å²) in [4.78, 5) is 29.3. The molecule has 33 heavy (non-hydrogen) atoms. The third-order valence-corrected chi connectivity index (χ3v) is 6.58. The fourth-order valence-corrected chi connectivity index (χ4v) is 4.55. The van der Waals surface area contributed by atoms with E-state index in [1.165, 1.54) is 12.1 Å². The third kappa shape index (κ3) is 6.78. The number of nitrogens with zero attached hydrogens (tertiary/aromatic N) is 2. The smallest absolute Gasteiger partial charge is 0.260 e.